The highest BCUT2D eigenvalue weighted by Crippen LogP contribution is 2.33. The minimum absolute atomic E-state index is 0.201. The molecule has 0 aliphatic heterocycles. The van der Waals surface area contributed by atoms with Crippen molar-refractivity contribution in [3.8, 4) is 0 Å². The predicted octanol–water partition coefficient (Wildman–Crippen LogP) is 5.29. The van der Waals surface area contributed by atoms with Gasteiger partial charge in [-0.25, -0.2) is 0 Å². The van der Waals surface area contributed by atoms with E-state index in [0.29, 0.717) is 0 Å². The van der Waals surface area contributed by atoms with Gasteiger partial charge in [-0.15, -0.1) is 0 Å². The van der Waals surface area contributed by atoms with Crippen LogP contribution in [-0.4, -0.2) is 6.54 Å². The van der Waals surface area contributed by atoms with Crippen LogP contribution in [0.4, 0.5) is 0 Å². The lowest BCUT2D eigenvalue weighted by molar-refractivity contribution is 0.628. The van der Waals surface area contributed by atoms with Crippen molar-refractivity contribution in [2.24, 2.45) is 0 Å². The zero-order chi connectivity index (χ0) is 14.8. The lowest BCUT2D eigenvalue weighted by atomic mass is 9.95. The van der Waals surface area contributed by atoms with Gasteiger partial charge in [0.15, 0.2) is 0 Å². The molecule has 1 nitrogen and oxygen atoms in total. The summed E-state index contributed by atoms with van der Waals surface area (Å²) in [6.07, 6.45) is 3.73. The minimum Gasteiger partial charge on any atom is -0.306 e. The van der Waals surface area contributed by atoms with Gasteiger partial charge >= 0.3 is 0 Å². The molecule has 0 fully saturated rings. The van der Waals surface area contributed by atoms with Gasteiger partial charge < -0.3 is 5.32 Å². The number of rotatable bonds is 4. The smallest absolute Gasteiger partial charge is 0.0587 e. The topological polar surface area (TPSA) is 12.0 Å². The first kappa shape index (κ1) is 15.1. The van der Waals surface area contributed by atoms with Crippen LogP contribution in [0.5, 0.6) is 0 Å². The molecule has 2 aromatic rings. The Hall–Kier alpha value is -0.830. The van der Waals surface area contributed by atoms with Crippen molar-refractivity contribution < 1.29 is 0 Å². The molecule has 0 saturated carbocycles. The fourth-order valence-corrected chi connectivity index (χ4v) is 4.03. The Morgan fingerprint density at radius 3 is 2.71 bits per heavy atom. The number of fused-ring (bicyclic) bond motifs is 1. The van der Waals surface area contributed by atoms with Crippen molar-refractivity contribution >= 4 is 27.5 Å². The van der Waals surface area contributed by atoms with E-state index in [2.05, 4.69) is 52.4 Å². The summed E-state index contributed by atoms with van der Waals surface area (Å²) < 4.78 is 1.06. The molecule has 21 heavy (non-hydrogen) atoms. The van der Waals surface area contributed by atoms with Gasteiger partial charge in [0, 0.05) is 9.50 Å². The standard InChI is InChI=1S/C18H19BrClN/c1-2-21-18(16-9-8-15(20)11-17(16)19)14-7-6-12-4-3-5-13(12)10-14/h6-11,18,21H,2-5H2,1H3. The monoisotopic (exact) mass is 363 g/mol. The maximum atomic E-state index is 6.07. The van der Waals surface area contributed by atoms with Gasteiger partial charge in [-0.3, -0.25) is 0 Å². The lowest BCUT2D eigenvalue weighted by Crippen LogP contribution is -2.22. The molecule has 1 atom stereocenters. The molecule has 0 saturated heterocycles. The summed E-state index contributed by atoms with van der Waals surface area (Å²) in [6, 6.07) is 13.2. The Morgan fingerprint density at radius 1 is 1.14 bits per heavy atom. The first-order valence-electron chi connectivity index (χ1n) is 7.49. The van der Waals surface area contributed by atoms with Crippen LogP contribution in [0.3, 0.4) is 0 Å². The molecule has 2 aromatic carbocycles. The molecule has 0 radical (unpaired) electrons. The maximum absolute atomic E-state index is 6.07. The van der Waals surface area contributed by atoms with Crippen LogP contribution < -0.4 is 5.32 Å². The molecule has 0 bridgehead atoms. The largest absolute Gasteiger partial charge is 0.306 e. The zero-order valence-electron chi connectivity index (χ0n) is 12.1. The van der Waals surface area contributed by atoms with Crippen molar-refractivity contribution in [2.75, 3.05) is 6.54 Å². The molecule has 1 aliphatic carbocycles. The molecular formula is C18H19BrClN. The summed E-state index contributed by atoms with van der Waals surface area (Å²) in [7, 11) is 0. The molecular weight excluding hydrogens is 346 g/mol. The number of aryl methyl sites for hydroxylation is 2. The Kier molecular flexibility index (Phi) is 4.68. The Bertz CT molecular complexity index is 654. The second-order valence-electron chi connectivity index (χ2n) is 5.54. The van der Waals surface area contributed by atoms with Crippen LogP contribution >= 0.6 is 27.5 Å². The first-order valence-corrected chi connectivity index (χ1v) is 8.66. The van der Waals surface area contributed by atoms with Crippen molar-refractivity contribution in [2.45, 2.75) is 32.2 Å². The van der Waals surface area contributed by atoms with Crippen molar-refractivity contribution in [3.63, 3.8) is 0 Å². The van der Waals surface area contributed by atoms with Crippen LogP contribution in [0.1, 0.15) is 41.6 Å². The third-order valence-corrected chi connectivity index (χ3v) is 5.06. The summed E-state index contributed by atoms with van der Waals surface area (Å²) in [5.41, 5.74) is 5.60. The summed E-state index contributed by atoms with van der Waals surface area (Å²) in [5, 5.41) is 4.35. The van der Waals surface area contributed by atoms with E-state index >= 15 is 0 Å². The van der Waals surface area contributed by atoms with E-state index in [-0.39, 0.29) is 6.04 Å². The molecule has 3 rings (SSSR count). The Morgan fingerprint density at radius 2 is 1.95 bits per heavy atom. The van der Waals surface area contributed by atoms with Gasteiger partial charge in [-0.2, -0.15) is 0 Å². The van der Waals surface area contributed by atoms with Crippen LogP contribution in [0.25, 0.3) is 0 Å². The quantitative estimate of drug-likeness (QED) is 0.777. The van der Waals surface area contributed by atoms with E-state index in [0.717, 1.165) is 16.0 Å². The molecule has 0 spiro atoms. The molecule has 0 aromatic heterocycles. The van der Waals surface area contributed by atoms with Crippen molar-refractivity contribution in [1.29, 1.82) is 0 Å². The first-order chi connectivity index (χ1) is 10.2. The highest BCUT2D eigenvalue weighted by Gasteiger charge is 2.19. The van der Waals surface area contributed by atoms with Crippen LogP contribution in [0.2, 0.25) is 5.02 Å². The number of benzene rings is 2. The van der Waals surface area contributed by atoms with Gasteiger partial charge in [-0.05, 0) is 60.2 Å². The number of halogens is 2. The van der Waals surface area contributed by atoms with E-state index in [4.69, 9.17) is 11.6 Å². The Balaban J connectivity index is 2.01. The molecule has 1 N–H and O–H groups in total. The van der Waals surface area contributed by atoms with E-state index in [1.54, 1.807) is 0 Å². The third-order valence-electron chi connectivity index (χ3n) is 4.14. The van der Waals surface area contributed by atoms with Gasteiger partial charge in [0.05, 0.1) is 6.04 Å². The Labute approximate surface area is 139 Å². The minimum atomic E-state index is 0.201. The third kappa shape index (κ3) is 3.18. The summed E-state index contributed by atoms with van der Waals surface area (Å²) in [4.78, 5) is 0. The fraction of sp³-hybridized carbons (Fsp3) is 0.333. The van der Waals surface area contributed by atoms with E-state index in [1.165, 1.54) is 41.5 Å². The normalized spacial score (nSPS) is 15.0. The number of nitrogens with one attached hydrogen (secondary N) is 1. The van der Waals surface area contributed by atoms with Crippen LogP contribution in [-0.2, 0) is 12.8 Å². The lowest BCUT2D eigenvalue weighted by Gasteiger charge is -2.21. The van der Waals surface area contributed by atoms with Gasteiger partial charge in [0.1, 0.15) is 0 Å². The predicted molar refractivity (Wildman–Crippen MR) is 93.1 cm³/mol. The highest BCUT2D eigenvalue weighted by molar-refractivity contribution is 9.10. The maximum Gasteiger partial charge on any atom is 0.0587 e. The fourth-order valence-electron chi connectivity index (χ4n) is 3.12. The van der Waals surface area contributed by atoms with Gasteiger partial charge in [0.25, 0.3) is 0 Å². The summed E-state index contributed by atoms with van der Waals surface area (Å²) in [5.74, 6) is 0. The SMILES string of the molecule is CCNC(c1ccc2c(c1)CCC2)c1ccc(Cl)cc1Br. The molecule has 110 valence electrons. The van der Waals surface area contributed by atoms with Crippen LogP contribution in [0, 0.1) is 0 Å². The van der Waals surface area contributed by atoms with Crippen LogP contribution in [0.15, 0.2) is 40.9 Å². The molecule has 0 amide bonds. The summed E-state index contributed by atoms with van der Waals surface area (Å²) >= 11 is 9.72. The van der Waals surface area contributed by atoms with E-state index < -0.39 is 0 Å². The molecule has 3 heteroatoms. The van der Waals surface area contributed by atoms with E-state index in [1.807, 2.05) is 12.1 Å². The number of hydrogen-bond donors (Lipinski definition) is 1. The second-order valence-corrected chi connectivity index (χ2v) is 6.83. The highest BCUT2D eigenvalue weighted by atomic mass is 79.9. The second kappa shape index (κ2) is 6.51. The van der Waals surface area contributed by atoms with Gasteiger partial charge in [-0.1, -0.05) is 58.7 Å². The summed E-state index contributed by atoms with van der Waals surface area (Å²) in [6.45, 7) is 3.07. The average Bonchev–Trinajstić information content (AvgIpc) is 2.93. The van der Waals surface area contributed by atoms with Crippen molar-refractivity contribution in [1.82, 2.24) is 5.32 Å². The molecule has 1 aliphatic rings. The molecule has 1 unspecified atom stereocenters. The zero-order valence-corrected chi connectivity index (χ0v) is 14.5. The van der Waals surface area contributed by atoms with Crippen molar-refractivity contribution in [3.05, 3.63) is 68.1 Å². The number of hydrogen-bond acceptors (Lipinski definition) is 1. The molecule has 0 heterocycles. The van der Waals surface area contributed by atoms with Gasteiger partial charge in [0.2, 0.25) is 0 Å². The average molecular weight is 365 g/mol. The van der Waals surface area contributed by atoms with E-state index in [9.17, 15) is 0 Å².